The second-order valence-electron chi connectivity index (χ2n) is 5.81. The lowest BCUT2D eigenvalue weighted by Crippen LogP contribution is -2.06. The molecule has 3 aromatic rings. The highest BCUT2D eigenvalue weighted by Crippen LogP contribution is 2.20. The molecular weight excluding hydrogens is 314 g/mol. The minimum absolute atomic E-state index is 0.466. The molecule has 0 saturated heterocycles. The molecule has 0 atom stereocenters. The quantitative estimate of drug-likeness (QED) is 0.713. The zero-order chi connectivity index (χ0) is 17.6. The SMILES string of the molecule is COc1ccc(CNc2cnnc(Nc3cc(C)ccc3C)n2)cc1. The maximum absolute atomic E-state index is 5.16. The molecule has 2 N–H and O–H groups in total. The Labute approximate surface area is 147 Å². The predicted octanol–water partition coefficient (Wildman–Crippen LogP) is 3.85. The average molecular weight is 335 g/mol. The van der Waals surface area contributed by atoms with Gasteiger partial charge in [0.05, 0.1) is 13.3 Å². The van der Waals surface area contributed by atoms with Crippen LogP contribution in [-0.4, -0.2) is 22.3 Å². The van der Waals surface area contributed by atoms with Gasteiger partial charge in [0, 0.05) is 12.2 Å². The zero-order valence-electron chi connectivity index (χ0n) is 14.6. The van der Waals surface area contributed by atoms with Crippen LogP contribution in [0.4, 0.5) is 17.5 Å². The molecule has 0 fully saturated rings. The number of nitrogens with zero attached hydrogens (tertiary/aromatic N) is 3. The standard InChI is InChI=1S/C19H21N5O/c1-13-4-5-14(2)17(10-13)22-19-23-18(12-21-24-19)20-11-15-6-8-16(25-3)9-7-15/h4-10,12H,11H2,1-3H3,(H2,20,22,23,24). The van der Waals surface area contributed by atoms with Gasteiger partial charge in [-0.05, 0) is 48.7 Å². The number of nitrogens with one attached hydrogen (secondary N) is 2. The minimum Gasteiger partial charge on any atom is -0.497 e. The molecule has 0 bridgehead atoms. The monoisotopic (exact) mass is 335 g/mol. The first-order valence-electron chi connectivity index (χ1n) is 8.05. The van der Waals surface area contributed by atoms with E-state index in [0.717, 1.165) is 22.6 Å². The first-order chi connectivity index (χ1) is 12.1. The highest BCUT2D eigenvalue weighted by atomic mass is 16.5. The summed E-state index contributed by atoms with van der Waals surface area (Å²) in [6, 6.07) is 14.1. The van der Waals surface area contributed by atoms with Gasteiger partial charge in [-0.15, -0.1) is 5.10 Å². The molecule has 0 aliphatic heterocycles. The molecule has 6 heteroatoms. The van der Waals surface area contributed by atoms with Crippen molar-refractivity contribution < 1.29 is 4.74 Å². The Balaban J connectivity index is 1.67. The molecule has 0 radical (unpaired) electrons. The maximum Gasteiger partial charge on any atom is 0.249 e. The number of aryl methyl sites for hydroxylation is 2. The second-order valence-corrected chi connectivity index (χ2v) is 5.81. The van der Waals surface area contributed by atoms with Gasteiger partial charge in [0.15, 0.2) is 5.82 Å². The van der Waals surface area contributed by atoms with Gasteiger partial charge in [0.25, 0.3) is 0 Å². The topological polar surface area (TPSA) is 72.0 Å². The molecule has 0 amide bonds. The van der Waals surface area contributed by atoms with Crippen LogP contribution >= 0.6 is 0 Å². The van der Waals surface area contributed by atoms with Crippen LogP contribution in [0.1, 0.15) is 16.7 Å². The third kappa shape index (κ3) is 4.44. The molecule has 0 aliphatic rings. The fraction of sp³-hybridized carbons (Fsp3) is 0.211. The minimum atomic E-state index is 0.466. The van der Waals surface area contributed by atoms with E-state index >= 15 is 0 Å². The Morgan fingerprint density at radius 1 is 1.04 bits per heavy atom. The molecule has 6 nitrogen and oxygen atoms in total. The lowest BCUT2D eigenvalue weighted by Gasteiger charge is -2.10. The highest BCUT2D eigenvalue weighted by molar-refractivity contribution is 5.59. The van der Waals surface area contributed by atoms with Gasteiger partial charge in [-0.3, -0.25) is 0 Å². The fourth-order valence-electron chi connectivity index (χ4n) is 2.37. The Bertz CT molecular complexity index is 849. The van der Waals surface area contributed by atoms with E-state index in [4.69, 9.17) is 4.74 Å². The molecule has 0 unspecified atom stereocenters. The van der Waals surface area contributed by atoms with Crippen molar-refractivity contribution in [3.63, 3.8) is 0 Å². The number of hydrogen-bond acceptors (Lipinski definition) is 6. The molecule has 0 saturated carbocycles. The summed E-state index contributed by atoms with van der Waals surface area (Å²) in [5.41, 5.74) is 4.41. The van der Waals surface area contributed by atoms with Gasteiger partial charge in [0.1, 0.15) is 5.75 Å². The van der Waals surface area contributed by atoms with Crippen molar-refractivity contribution in [2.45, 2.75) is 20.4 Å². The number of hydrogen-bond donors (Lipinski definition) is 2. The van der Waals surface area contributed by atoms with Gasteiger partial charge in [-0.25, -0.2) is 0 Å². The molecular formula is C19H21N5O. The van der Waals surface area contributed by atoms with Crippen molar-refractivity contribution in [3.8, 4) is 5.75 Å². The Morgan fingerprint density at radius 2 is 1.84 bits per heavy atom. The van der Waals surface area contributed by atoms with Crippen molar-refractivity contribution >= 4 is 17.5 Å². The molecule has 0 aliphatic carbocycles. The van der Waals surface area contributed by atoms with Gasteiger partial charge < -0.3 is 15.4 Å². The summed E-state index contributed by atoms with van der Waals surface area (Å²) in [6.45, 7) is 4.74. The van der Waals surface area contributed by atoms with E-state index in [9.17, 15) is 0 Å². The lowest BCUT2D eigenvalue weighted by molar-refractivity contribution is 0.414. The number of rotatable bonds is 6. The molecule has 0 spiro atoms. The fourth-order valence-corrected chi connectivity index (χ4v) is 2.37. The van der Waals surface area contributed by atoms with Crippen LogP contribution in [0.25, 0.3) is 0 Å². The van der Waals surface area contributed by atoms with Crippen LogP contribution in [0, 0.1) is 13.8 Å². The van der Waals surface area contributed by atoms with Gasteiger partial charge in [0.2, 0.25) is 5.95 Å². The zero-order valence-corrected chi connectivity index (χ0v) is 14.6. The smallest absolute Gasteiger partial charge is 0.249 e. The van der Waals surface area contributed by atoms with Crippen LogP contribution in [0.3, 0.4) is 0 Å². The predicted molar refractivity (Wildman–Crippen MR) is 99.3 cm³/mol. The summed E-state index contributed by atoms with van der Waals surface area (Å²) in [5.74, 6) is 1.97. The number of benzene rings is 2. The van der Waals surface area contributed by atoms with Crippen LogP contribution in [0.15, 0.2) is 48.7 Å². The van der Waals surface area contributed by atoms with Crippen LogP contribution in [0.2, 0.25) is 0 Å². The summed E-state index contributed by atoms with van der Waals surface area (Å²) in [6.07, 6.45) is 1.61. The molecule has 2 aromatic carbocycles. The van der Waals surface area contributed by atoms with E-state index in [1.165, 1.54) is 5.56 Å². The molecule has 128 valence electrons. The van der Waals surface area contributed by atoms with Crippen LogP contribution in [-0.2, 0) is 6.54 Å². The van der Waals surface area contributed by atoms with E-state index in [1.807, 2.05) is 31.2 Å². The Hall–Kier alpha value is -3.15. The molecule has 3 rings (SSSR count). The van der Waals surface area contributed by atoms with Crippen molar-refractivity contribution in [2.24, 2.45) is 0 Å². The molecule has 1 aromatic heterocycles. The largest absolute Gasteiger partial charge is 0.497 e. The van der Waals surface area contributed by atoms with E-state index in [0.29, 0.717) is 18.3 Å². The first kappa shape index (κ1) is 16.7. The number of aromatic nitrogens is 3. The number of ether oxygens (including phenoxy) is 1. The summed E-state index contributed by atoms with van der Waals surface area (Å²) < 4.78 is 5.16. The van der Waals surface area contributed by atoms with E-state index in [2.05, 4.69) is 50.9 Å². The van der Waals surface area contributed by atoms with Crippen molar-refractivity contribution in [3.05, 3.63) is 65.4 Å². The lowest BCUT2D eigenvalue weighted by atomic mass is 10.1. The summed E-state index contributed by atoms with van der Waals surface area (Å²) in [5, 5.41) is 14.6. The highest BCUT2D eigenvalue weighted by Gasteiger charge is 2.04. The number of anilines is 3. The van der Waals surface area contributed by atoms with E-state index in [1.54, 1.807) is 13.3 Å². The van der Waals surface area contributed by atoms with Gasteiger partial charge in [-0.2, -0.15) is 10.1 Å². The normalized spacial score (nSPS) is 10.4. The average Bonchev–Trinajstić information content (AvgIpc) is 2.64. The van der Waals surface area contributed by atoms with Crippen molar-refractivity contribution in [1.29, 1.82) is 0 Å². The third-order valence-corrected chi connectivity index (χ3v) is 3.83. The van der Waals surface area contributed by atoms with Crippen molar-refractivity contribution in [1.82, 2.24) is 15.2 Å². The van der Waals surface area contributed by atoms with Crippen LogP contribution < -0.4 is 15.4 Å². The number of methoxy groups -OCH3 is 1. The molecule has 1 heterocycles. The van der Waals surface area contributed by atoms with Crippen LogP contribution in [0.5, 0.6) is 5.75 Å². The van der Waals surface area contributed by atoms with Gasteiger partial charge >= 0.3 is 0 Å². The summed E-state index contributed by atoms with van der Waals surface area (Å²) in [4.78, 5) is 4.47. The third-order valence-electron chi connectivity index (χ3n) is 3.83. The van der Waals surface area contributed by atoms with E-state index < -0.39 is 0 Å². The maximum atomic E-state index is 5.16. The molecule has 25 heavy (non-hydrogen) atoms. The second kappa shape index (κ2) is 7.61. The van der Waals surface area contributed by atoms with Gasteiger partial charge in [-0.1, -0.05) is 24.3 Å². The Kier molecular flexibility index (Phi) is 5.09. The summed E-state index contributed by atoms with van der Waals surface area (Å²) >= 11 is 0. The summed E-state index contributed by atoms with van der Waals surface area (Å²) in [7, 11) is 1.66. The van der Waals surface area contributed by atoms with Crippen molar-refractivity contribution in [2.75, 3.05) is 17.7 Å². The Morgan fingerprint density at radius 3 is 2.60 bits per heavy atom. The van der Waals surface area contributed by atoms with E-state index in [-0.39, 0.29) is 0 Å². The first-order valence-corrected chi connectivity index (χ1v) is 8.05.